The number of hydrogen-bond acceptors (Lipinski definition) is 5. The van der Waals surface area contributed by atoms with Crippen LogP contribution in [0.4, 0.5) is 5.13 Å². The maximum absolute atomic E-state index is 13.9. The second-order valence-electron chi connectivity index (χ2n) is 10.2. The van der Waals surface area contributed by atoms with Crippen LogP contribution in [0.15, 0.2) is 97.1 Å². The van der Waals surface area contributed by atoms with E-state index in [4.69, 9.17) is 32.9 Å². The van der Waals surface area contributed by atoms with E-state index in [1.54, 1.807) is 42.7 Å². The molecule has 1 N–H and O–H groups in total. The zero-order valence-corrected chi connectivity index (χ0v) is 24.9. The molecule has 0 radical (unpaired) electrons. The fourth-order valence-electron chi connectivity index (χ4n) is 5.71. The van der Waals surface area contributed by atoms with Crippen molar-refractivity contribution in [2.75, 3.05) is 18.6 Å². The molecule has 7 rings (SSSR count). The highest BCUT2D eigenvalue weighted by Gasteiger charge is 2.35. The third kappa shape index (κ3) is 4.75. The van der Waals surface area contributed by atoms with Crippen LogP contribution in [0.2, 0.25) is 10.0 Å². The van der Waals surface area contributed by atoms with Crippen LogP contribution in [-0.4, -0.2) is 29.4 Å². The first kappa shape index (κ1) is 26.8. The van der Waals surface area contributed by atoms with Crippen LogP contribution in [0, 0.1) is 0 Å². The number of benzene rings is 4. The lowest BCUT2D eigenvalue weighted by Gasteiger charge is -2.36. The summed E-state index contributed by atoms with van der Waals surface area (Å²) in [7, 11) is 1.67. The molecule has 3 heterocycles. The monoisotopic (exact) mass is 609 g/mol. The number of carbonyl (C=O) groups excluding carboxylic acids is 1. The maximum atomic E-state index is 13.9. The first-order valence-electron chi connectivity index (χ1n) is 13.6. The number of nitrogens with zero attached hydrogens (tertiary/aromatic N) is 2. The Labute approximate surface area is 257 Å². The number of ketones is 1. The molecule has 6 aromatic rings. The molecule has 0 saturated carbocycles. The van der Waals surface area contributed by atoms with Crippen molar-refractivity contribution in [3.63, 3.8) is 0 Å². The summed E-state index contributed by atoms with van der Waals surface area (Å²) in [5.74, 6) is 0.660. The van der Waals surface area contributed by atoms with Gasteiger partial charge in [-0.2, -0.15) is 0 Å². The molecule has 1 aliphatic heterocycles. The Bertz CT molecular complexity index is 1920. The Morgan fingerprint density at radius 2 is 1.69 bits per heavy atom. The van der Waals surface area contributed by atoms with Crippen molar-refractivity contribution in [3.8, 4) is 16.2 Å². The number of carbonyl (C=O) groups is 1. The number of hydrogen-bond donors (Lipinski definition) is 1. The van der Waals surface area contributed by atoms with Gasteiger partial charge in [-0.15, -0.1) is 0 Å². The summed E-state index contributed by atoms with van der Waals surface area (Å²) in [4.78, 5) is 25.8. The normalized spacial score (nSPS) is 14.6. The number of rotatable bonds is 6. The Kier molecular flexibility index (Phi) is 6.98. The van der Waals surface area contributed by atoms with E-state index in [0.29, 0.717) is 21.3 Å². The average Bonchev–Trinajstić information content (AvgIpc) is 3.63. The van der Waals surface area contributed by atoms with Crippen molar-refractivity contribution in [3.05, 3.63) is 135 Å². The highest BCUT2D eigenvalue weighted by molar-refractivity contribution is 7.19. The van der Waals surface area contributed by atoms with E-state index in [9.17, 15) is 4.79 Å². The summed E-state index contributed by atoms with van der Waals surface area (Å²) in [6, 6.07) is 30.9. The lowest BCUT2D eigenvalue weighted by Crippen LogP contribution is -2.36. The lowest BCUT2D eigenvalue weighted by atomic mass is 9.92. The van der Waals surface area contributed by atoms with Crippen LogP contribution in [0.1, 0.15) is 38.9 Å². The molecule has 4 aromatic carbocycles. The van der Waals surface area contributed by atoms with Crippen LogP contribution in [0.3, 0.4) is 0 Å². The number of fused-ring (bicyclic) bond motifs is 3. The zero-order chi connectivity index (χ0) is 28.8. The number of nitrogens with one attached hydrogen (secondary N) is 1. The predicted molar refractivity (Wildman–Crippen MR) is 172 cm³/mol. The van der Waals surface area contributed by atoms with E-state index in [2.05, 4.69) is 22.0 Å². The zero-order valence-electron chi connectivity index (χ0n) is 22.6. The Hall–Kier alpha value is -4.10. The van der Waals surface area contributed by atoms with Gasteiger partial charge in [0.15, 0.2) is 5.13 Å². The standard InChI is InChI=1S/C34H25Cl2N3O2S/c1-41-25-14-9-20(10-15-25)31-29-26(27-19-24(36)13-16-28(27)37-29)17-18-39(31)34-38-30(32(40)21-7-11-23(35)12-8-21)33(42-34)22-5-3-2-4-6-22/h2-16,19,31,37H,17-18H2,1H3. The number of ether oxygens (including phenoxy) is 1. The molecule has 8 heteroatoms. The SMILES string of the molecule is COc1ccc(C2c3[nH]c4ccc(Cl)cc4c3CCN2c2nc(C(=O)c3ccc(Cl)cc3)c(-c3ccccc3)s2)cc1. The fourth-order valence-corrected chi connectivity index (χ4v) is 7.13. The van der Waals surface area contributed by atoms with Crippen LogP contribution in [-0.2, 0) is 6.42 Å². The Balaban J connectivity index is 1.39. The molecule has 1 aliphatic rings. The molecule has 0 bridgehead atoms. The predicted octanol–water partition coefficient (Wildman–Crippen LogP) is 8.99. The number of aromatic amines is 1. The number of methoxy groups -OCH3 is 1. The van der Waals surface area contributed by atoms with Gasteiger partial charge >= 0.3 is 0 Å². The smallest absolute Gasteiger partial charge is 0.212 e. The number of thiazole rings is 1. The van der Waals surface area contributed by atoms with Gasteiger partial charge in [0.2, 0.25) is 5.78 Å². The Morgan fingerprint density at radius 3 is 2.43 bits per heavy atom. The summed E-state index contributed by atoms with van der Waals surface area (Å²) < 4.78 is 5.45. The fraction of sp³-hybridized carbons (Fsp3) is 0.118. The molecule has 0 aliphatic carbocycles. The van der Waals surface area contributed by atoms with Gasteiger partial charge in [-0.05, 0) is 77.7 Å². The molecule has 1 atom stereocenters. The van der Waals surface area contributed by atoms with Crippen LogP contribution in [0.25, 0.3) is 21.3 Å². The number of H-pyrrole nitrogens is 1. The minimum atomic E-state index is -0.154. The Morgan fingerprint density at radius 1 is 0.952 bits per heavy atom. The second-order valence-corrected chi connectivity index (χ2v) is 12.1. The summed E-state index contributed by atoms with van der Waals surface area (Å²) in [5.41, 5.74) is 6.44. The van der Waals surface area contributed by atoms with Crippen molar-refractivity contribution in [1.82, 2.24) is 9.97 Å². The van der Waals surface area contributed by atoms with Gasteiger partial charge in [-0.3, -0.25) is 4.79 Å². The van der Waals surface area contributed by atoms with Crippen molar-refractivity contribution in [2.24, 2.45) is 0 Å². The molecule has 5 nitrogen and oxygen atoms in total. The average molecular weight is 611 g/mol. The first-order chi connectivity index (χ1) is 20.5. The third-order valence-corrected chi connectivity index (χ3v) is 9.37. The van der Waals surface area contributed by atoms with Crippen LogP contribution in [0.5, 0.6) is 5.75 Å². The number of aromatic nitrogens is 2. The van der Waals surface area contributed by atoms with Gasteiger partial charge in [-0.1, -0.05) is 77.0 Å². The third-order valence-electron chi connectivity index (χ3n) is 7.74. The topological polar surface area (TPSA) is 58.2 Å². The van der Waals surface area contributed by atoms with Crippen LogP contribution >= 0.6 is 34.5 Å². The molecular weight excluding hydrogens is 585 g/mol. The van der Waals surface area contributed by atoms with Gasteiger partial charge in [0.1, 0.15) is 11.4 Å². The van der Waals surface area contributed by atoms with Crippen molar-refractivity contribution in [1.29, 1.82) is 0 Å². The molecule has 2 aromatic heterocycles. The minimum absolute atomic E-state index is 0.132. The van der Waals surface area contributed by atoms with Gasteiger partial charge in [0, 0.05) is 38.8 Å². The first-order valence-corrected chi connectivity index (χ1v) is 15.1. The van der Waals surface area contributed by atoms with E-state index < -0.39 is 0 Å². The van der Waals surface area contributed by atoms with E-state index >= 15 is 0 Å². The summed E-state index contributed by atoms with van der Waals surface area (Å²) in [6.45, 7) is 0.722. The van der Waals surface area contributed by atoms with E-state index in [0.717, 1.165) is 56.4 Å². The molecule has 0 spiro atoms. The lowest BCUT2D eigenvalue weighted by molar-refractivity contribution is 0.103. The molecule has 0 amide bonds. The summed E-state index contributed by atoms with van der Waals surface area (Å²) >= 11 is 14.1. The molecular formula is C34H25Cl2N3O2S. The summed E-state index contributed by atoms with van der Waals surface area (Å²) in [5, 5.41) is 3.22. The summed E-state index contributed by atoms with van der Waals surface area (Å²) in [6.07, 6.45) is 0.809. The van der Waals surface area contributed by atoms with Crippen molar-refractivity contribution in [2.45, 2.75) is 12.5 Å². The van der Waals surface area contributed by atoms with E-state index in [-0.39, 0.29) is 11.8 Å². The van der Waals surface area contributed by atoms with Gasteiger partial charge in [-0.25, -0.2) is 4.98 Å². The number of anilines is 1. The quantitative estimate of drug-likeness (QED) is 0.191. The largest absolute Gasteiger partial charge is 0.497 e. The molecule has 0 saturated heterocycles. The maximum Gasteiger partial charge on any atom is 0.212 e. The van der Waals surface area contributed by atoms with Crippen molar-refractivity contribution >= 4 is 56.4 Å². The van der Waals surface area contributed by atoms with Gasteiger partial charge in [0.05, 0.1) is 18.0 Å². The minimum Gasteiger partial charge on any atom is -0.497 e. The van der Waals surface area contributed by atoms with Crippen LogP contribution < -0.4 is 9.64 Å². The highest BCUT2D eigenvalue weighted by atomic mass is 35.5. The molecule has 208 valence electrons. The van der Waals surface area contributed by atoms with Gasteiger partial charge < -0.3 is 14.6 Å². The number of halogens is 2. The van der Waals surface area contributed by atoms with Crippen molar-refractivity contribution < 1.29 is 9.53 Å². The molecule has 42 heavy (non-hydrogen) atoms. The van der Waals surface area contributed by atoms with E-state index in [1.807, 2.05) is 60.7 Å². The second kappa shape index (κ2) is 11.0. The molecule has 0 fully saturated rings. The van der Waals surface area contributed by atoms with E-state index in [1.165, 1.54) is 5.56 Å². The van der Waals surface area contributed by atoms with Gasteiger partial charge in [0.25, 0.3) is 0 Å². The molecule has 1 unspecified atom stereocenters. The highest BCUT2D eigenvalue weighted by Crippen LogP contribution is 2.45.